The van der Waals surface area contributed by atoms with Crippen LogP contribution in [-0.2, 0) is 13.0 Å². The van der Waals surface area contributed by atoms with Crippen LogP contribution in [0.15, 0.2) is 48.8 Å². The van der Waals surface area contributed by atoms with E-state index in [1.54, 1.807) is 0 Å². The summed E-state index contributed by atoms with van der Waals surface area (Å²) in [4.78, 5) is 0. The molecule has 0 saturated heterocycles. The summed E-state index contributed by atoms with van der Waals surface area (Å²) in [6.45, 7) is 4.12. The first-order valence-electron chi connectivity index (χ1n) is 6.63. The molecule has 1 unspecified atom stereocenters. The van der Waals surface area contributed by atoms with E-state index in [1.165, 1.54) is 5.56 Å². The van der Waals surface area contributed by atoms with Crippen molar-refractivity contribution in [3.05, 3.63) is 54.4 Å². The maximum absolute atomic E-state index is 4.20. The zero-order valence-corrected chi connectivity index (χ0v) is 10.9. The minimum Gasteiger partial charge on any atom is -0.312 e. The molecule has 0 spiro atoms. The van der Waals surface area contributed by atoms with Crippen molar-refractivity contribution in [2.24, 2.45) is 0 Å². The van der Waals surface area contributed by atoms with Gasteiger partial charge in [0, 0.05) is 25.0 Å². The standard InChI is InChI=1S/C15H21N3/c1-2-15(13-14-7-4-3-5-8-14)16-10-12-18-11-6-9-17-18/h3-9,11,15-16H,2,10,12-13H2,1H3. The summed E-state index contributed by atoms with van der Waals surface area (Å²) in [5.41, 5.74) is 1.40. The minimum atomic E-state index is 0.544. The molecule has 1 aromatic heterocycles. The van der Waals surface area contributed by atoms with Crippen molar-refractivity contribution in [3.63, 3.8) is 0 Å². The third-order valence-electron chi connectivity index (χ3n) is 3.15. The molecule has 1 aromatic carbocycles. The van der Waals surface area contributed by atoms with Crippen LogP contribution in [-0.4, -0.2) is 22.4 Å². The molecule has 0 bridgehead atoms. The second-order valence-corrected chi connectivity index (χ2v) is 4.52. The first kappa shape index (κ1) is 12.8. The summed E-state index contributed by atoms with van der Waals surface area (Å²) < 4.78 is 1.96. The van der Waals surface area contributed by atoms with Crippen LogP contribution in [0.2, 0.25) is 0 Å². The Morgan fingerprint density at radius 3 is 2.72 bits per heavy atom. The molecule has 96 valence electrons. The largest absolute Gasteiger partial charge is 0.312 e. The maximum Gasteiger partial charge on any atom is 0.0534 e. The van der Waals surface area contributed by atoms with Gasteiger partial charge in [-0.25, -0.2) is 0 Å². The number of hydrogen-bond acceptors (Lipinski definition) is 2. The first-order chi connectivity index (χ1) is 8.88. The molecule has 2 rings (SSSR count). The van der Waals surface area contributed by atoms with Gasteiger partial charge in [-0.05, 0) is 24.5 Å². The second kappa shape index (κ2) is 6.97. The molecule has 18 heavy (non-hydrogen) atoms. The molecular formula is C15H21N3. The first-order valence-corrected chi connectivity index (χ1v) is 6.63. The molecule has 0 amide bonds. The zero-order chi connectivity index (χ0) is 12.6. The van der Waals surface area contributed by atoms with E-state index in [-0.39, 0.29) is 0 Å². The number of nitrogens with zero attached hydrogens (tertiary/aromatic N) is 2. The average Bonchev–Trinajstić information content (AvgIpc) is 2.92. The SMILES string of the molecule is CCC(Cc1ccccc1)NCCn1cccn1. The van der Waals surface area contributed by atoms with Crippen LogP contribution in [0.25, 0.3) is 0 Å². The summed E-state index contributed by atoms with van der Waals surface area (Å²) in [5.74, 6) is 0. The van der Waals surface area contributed by atoms with Gasteiger partial charge >= 0.3 is 0 Å². The normalized spacial score (nSPS) is 12.5. The lowest BCUT2D eigenvalue weighted by Gasteiger charge is -2.17. The Labute approximate surface area is 109 Å². The van der Waals surface area contributed by atoms with Crippen LogP contribution in [0.4, 0.5) is 0 Å². The molecular weight excluding hydrogens is 222 g/mol. The smallest absolute Gasteiger partial charge is 0.0534 e. The van der Waals surface area contributed by atoms with Gasteiger partial charge in [0.05, 0.1) is 6.54 Å². The molecule has 2 aromatic rings. The summed E-state index contributed by atoms with van der Waals surface area (Å²) >= 11 is 0. The highest BCUT2D eigenvalue weighted by atomic mass is 15.3. The topological polar surface area (TPSA) is 29.9 Å². The predicted octanol–water partition coefficient (Wildman–Crippen LogP) is 2.49. The van der Waals surface area contributed by atoms with Crippen molar-refractivity contribution >= 4 is 0 Å². The molecule has 0 aliphatic rings. The summed E-state index contributed by atoms with van der Waals surface area (Å²) in [7, 11) is 0. The molecule has 1 atom stereocenters. The molecule has 1 heterocycles. The van der Waals surface area contributed by atoms with Gasteiger partial charge in [0.1, 0.15) is 0 Å². The van der Waals surface area contributed by atoms with Crippen molar-refractivity contribution in [3.8, 4) is 0 Å². The van der Waals surface area contributed by atoms with Crippen LogP contribution in [0, 0.1) is 0 Å². The van der Waals surface area contributed by atoms with Gasteiger partial charge in [-0.1, -0.05) is 37.3 Å². The fourth-order valence-corrected chi connectivity index (χ4v) is 2.08. The number of nitrogens with one attached hydrogen (secondary N) is 1. The Bertz CT molecular complexity index is 422. The summed E-state index contributed by atoms with van der Waals surface area (Å²) in [6.07, 6.45) is 6.06. The molecule has 0 radical (unpaired) electrons. The second-order valence-electron chi connectivity index (χ2n) is 4.52. The number of aromatic nitrogens is 2. The fourth-order valence-electron chi connectivity index (χ4n) is 2.08. The van der Waals surface area contributed by atoms with E-state index in [2.05, 4.69) is 47.7 Å². The molecule has 1 N–H and O–H groups in total. The van der Waals surface area contributed by atoms with Crippen LogP contribution in [0.1, 0.15) is 18.9 Å². The Kier molecular flexibility index (Phi) is 4.97. The van der Waals surface area contributed by atoms with E-state index in [9.17, 15) is 0 Å². The number of rotatable bonds is 7. The Balaban J connectivity index is 1.75. The Hall–Kier alpha value is -1.61. The Morgan fingerprint density at radius 2 is 2.06 bits per heavy atom. The molecule has 0 aliphatic carbocycles. The van der Waals surface area contributed by atoms with Crippen LogP contribution in [0.5, 0.6) is 0 Å². The van der Waals surface area contributed by atoms with Gasteiger partial charge in [0.2, 0.25) is 0 Å². The molecule has 0 fully saturated rings. The molecule has 3 heteroatoms. The van der Waals surface area contributed by atoms with Crippen molar-refractivity contribution in [2.75, 3.05) is 6.54 Å². The third-order valence-corrected chi connectivity index (χ3v) is 3.15. The van der Waals surface area contributed by atoms with Gasteiger partial charge < -0.3 is 5.32 Å². The average molecular weight is 243 g/mol. The van der Waals surface area contributed by atoms with Gasteiger partial charge in [0.25, 0.3) is 0 Å². The van der Waals surface area contributed by atoms with E-state index < -0.39 is 0 Å². The summed E-state index contributed by atoms with van der Waals surface area (Å²) in [6, 6.07) is 13.2. The lowest BCUT2D eigenvalue weighted by Crippen LogP contribution is -2.33. The molecule has 0 aliphatic heterocycles. The highest BCUT2D eigenvalue weighted by molar-refractivity contribution is 5.15. The van der Waals surface area contributed by atoms with E-state index in [4.69, 9.17) is 0 Å². The summed E-state index contributed by atoms with van der Waals surface area (Å²) in [5, 5.41) is 7.79. The van der Waals surface area contributed by atoms with Crippen LogP contribution >= 0.6 is 0 Å². The third kappa shape index (κ3) is 4.00. The minimum absolute atomic E-state index is 0.544. The quantitative estimate of drug-likeness (QED) is 0.809. The van der Waals surface area contributed by atoms with Gasteiger partial charge in [0.15, 0.2) is 0 Å². The molecule has 0 saturated carbocycles. The monoisotopic (exact) mass is 243 g/mol. The van der Waals surface area contributed by atoms with Crippen LogP contribution < -0.4 is 5.32 Å². The lowest BCUT2D eigenvalue weighted by molar-refractivity contribution is 0.461. The van der Waals surface area contributed by atoms with Gasteiger partial charge in [-0.2, -0.15) is 5.10 Å². The van der Waals surface area contributed by atoms with Crippen molar-refractivity contribution in [1.82, 2.24) is 15.1 Å². The van der Waals surface area contributed by atoms with Gasteiger partial charge in [-0.3, -0.25) is 4.68 Å². The van der Waals surface area contributed by atoms with E-state index >= 15 is 0 Å². The zero-order valence-electron chi connectivity index (χ0n) is 10.9. The number of benzene rings is 1. The van der Waals surface area contributed by atoms with Crippen molar-refractivity contribution in [2.45, 2.75) is 32.4 Å². The van der Waals surface area contributed by atoms with E-state index in [0.717, 1.165) is 25.9 Å². The maximum atomic E-state index is 4.20. The van der Waals surface area contributed by atoms with Crippen molar-refractivity contribution in [1.29, 1.82) is 0 Å². The van der Waals surface area contributed by atoms with Crippen LogP contribution in [0.3, 0.4) is 0 Å². The number of hydrogen-bond donors (Lipinski definition) is 1. The molecule has 3 nitrogen and oxygen atoms in total. The highest BCUT2D eigenvalue weighted by Crippen LogP contribution is 2.05. The van der Waals surface area contributed by atoms with E-state index in [0.29, 0.717) is 6.04 Å². The van der Waals surface area contributed by atoms with E-state index in [1.807, 2.05) is 23.1 Å². The fraction of sp³-hybridized carbons (Fsp3) is 0.400. The highest BCUT2D eigenvalue weighted by Gasteiger charge is 2.06. The Morgan fingerprint density at radius 1 is 1.22 bits per heavy atom. The lowest BCUT2D eigenvalue weighted by atomic mass is 10.0. The van der Waals surface area contributed by atoms with Gasteiger partial charge in [-0.15, -0.1) is 0 Å². The van der Waals surface area contributed by atoms with Crippen molar-refractivity contribution < 1.29 is 0 Å². The predicted molar refractivity (Wildman–Crippen MR) is 74.5 cm³/mol.